The van der Waals surface area contributed by atoms with Gasteiger partial charge in [0.2, 0.25) is 0 Å². The summed E-state index contributed by atoms with van der Waals surface area (Å²) in [4.78, 5) is 8.68. The minimum Gasteiger partial charge on any atom is -0.387 e. The van der Waals surface area contributed by atoms with Gasteiger partial charge in [0.15, 0.2) is 0 Å². The number of aryl methyl sites for hydroxylation is 2. The quantitative estimate of drug-likeness (QED) is 0.748. The first-order valence-electron chi connectivity index (χ1n) is 8.01. The molecule has 0 spiro atoms. The maximum absolute atomic E-state index is 10.4. The molecule has 3 rings (SSSR count). The van der Waals surface area contributed by atoms with E-state index in [2.05, 4.69) is 27.4 Å². The van der Waals surface area contributed by atoms with E-state index in [9.17, 15) is 5.11 Å². The highest BCUT2D eigenvalue weighted by Crippen LogP contribution is 2.22. The summed E-state index contributed by atoms with van der Waals surface area (Å²) in [6.07, 6.45) is 1.13. The molecule has 0 aliphatic rings. The molecule has 0 amide bonds. The first-order valence-corrected chi connectivity index (χ1v) is 8.01. The monoisotopic (exact) mass is 319 g/mol. The average Bonchev–Trinajstić information content (AvgIpc) is 2.63. The van der Waals surface area contributed by atoms with Crippen LogP contribution in [0.4, 0.5) is 5.82 Å². The van der Waals surface area contributed by atoms with Crippen molar-refractivity contribution in [1.29, 1.82) is 0 Å². The SMILES string of the molecule is Cc1cnc(C)c(NCC(O)c2ccc(-c3ccccc3)cc2)n1. The number of aromatic nitrogens is 2. The van der Waals surface area contributed by atoms with Gasteiger partial charge in [0.05, 0.1) is 17.5 Å². The number of benzene rings is 2. The van der Waals surface area contributed by atoms with Gasteiger partial charge in [0.25, 0.3) is 0 Å². The lowest BCUT2D eigenvalue weighted by Crippen LogP contribution is -2.14. The number of hydrogen-bond donors (Lipinski definition) is 2. The van der Waals surface area contributed by atoms with Crippen molar-refractivity contribution in [1.82, 2.24) is 9.97 Å². The van der Waals surface area contributed by atoms with Gasteiger partial charge in [-0.2, -0.15) is 0 Å². The smallest absolute Gasteiger partial charge is 0.147 e. The molecule has 0 fully saturated rings. The number of nitrogens with one attached hydrogen (secondary N) is 1. The van der Waals surface area contributed by atoms with Crippen LogP contribution in [0.5, 0.6) is 0 Å². The molecule has 0 bridgehead atoms. The number of aliphatic hydroxyl groups is 1. The first-order chi connectivity index (χ1) is 11.6. The van der Waals surface area contributed by atoms with Gasteiger partial charge in [-0.05, 0) is 30.5 Å². The molecule has 4 nitrogen and oxygen atoms in total. The highest BCUT2D eigenvalue weighted by molar-refractivity contribution is 5.63. The molecule has 0 radical (unpaired) electrons. The summed E-state index contributed by atoms with van der Waals surface area (Å²) in [5.41, 5.74) is 4.86. The van der Waals surface area contributed by atoms with Gasteiger partial charge in [-0.15, -0.1) is 0 Å². The van der Waals surface area contributed by atoms with Gasteiger partial charge in [0, 0.05) is 12.7 Å². The van der Waals surface area contributed by atoms with Crippen LogP contribution < -0.4 is 5.32 Å². The van der Waals surface area contributed by atoms with Crippen LogP contribution in [0.3, 0.4) is 0 Å². The van der Waals surface area contributed by atoms with E-state index in [4.69, 9.17) is 0 Å². The predicted molar refractivity (Wildman–Crippen MR) is 96.8 cm³/mol. The van der Waals surface area contributed by atoms with Gasteiger partial charge in [-0.25, -0.2) is 4.98 Å². The van der Waals surface area contributed by atoms with Crippen LogP contribution >= 0.6 is 0 Å². The summed E-state index contributed by atoms with van der Waals surface area (Å²) < 4.78 is 0. The molecule has 4 heteroatoms. The van der Waals surface area contributed by atoms with Crippen molar-refractivity contribution < 1.29 is 5.11 Å². The van der Waals surface area contributed by atoms with Crippen molar-refractivity contribution in [3.63, 3.8) is 0 Å². The van der Waals surface area contributed by atoms with Crippen LogP contribution in [0.2, 0.25) is 0 Å². The third kappa shape index (κ3) is 3.78. The highest BCUT2D eigenvalue weighted by Gasteiger charge is 2.09. The standard InChI is InChI=1S/C20H21N3O/c1-14-12-21-15(2)20(23-14)22-13-19(24)18-10-8-17(9-11-18)16-6-4-3-5-7-16/h3-12,19,24H,13H2,1-2H3,(H,22,23). The van der Waals surface area contributed by atoms with E-state index >= 15 is 0 Å². The Bertz CT molecular complexity index is 801. The second-order valence-electron chi connectivity index (χ2n) is 5.83. The minimum atomic E-state index is -0.600. The molecular weight excluding hydrogens is 298 g/mol. The van der Waals surface area contributed by atoms with Crippen molar-refractivity contribution in [2.24, 2.45) is 0 Å². The number of nitrogens with zero attached hydrogens (tertiary/aromatic N) is 2. The summed E-state index contributed by atoms with van der Waals surface area (Å²) in [5.74, 6) is 0.718. The maximum Gasteiger partial charge on any atom is 0.147 e. The molecule has 2 N–H and O–H groups in total. The molecule has 2 aromatic carbocycles. The van der Waals surface area contributed by atoms with Crippen LogP contribution in [-0.2, 0) is 0 Å². The van der Waals surface area contributed by atoms with Gasteiger partial charge in [0.1, 0.15) is 5.82 Å². The summed E-state index contributed by atoms with van der Waals surface area (Å²) in [6.45, 7) is 4.19. The van der Waals surface area contributed by atoms with Crippen molar-refractivity contribution >= 4 is 5.82 Å². The van der Waals surface area contributed by atoms with Crippen molar-refractivity contribution in [3.05, 3.63) is 77.7 Å². The molecule has 122 valence electrons. The predicted octanol–water partition coefficient (Wildman–Crippen LogP) is 3.91. The molecule has 1 aromatic heterocycles. The Hall–Kier alpha value is -2.72. The molecule has 0 saturated heterocycles. The lowest BCUT2D eigenvalue weighted by molar-refractivity contribution is 0.191. The number of aliphatic hydroxyl groups excluding tert-OH is 1. The lowest BCUT2D eigenvalue weighted by atomic mass is 10.0. The Morgan fingerprint density at radius 1 is 0.958 bits per heavy atom. The Labute approximate surface area is 142 Å². The molecule has 0 aliphatic heterocycles. The van der Waals surface area contributed by atoms with Crippen LogP contribution in [0, 0.1) is 13.8 Å². The zero-order chi connectivity index (χ0) is 16.9. The van der Waals surface area contributed by atoms with E-state index < -0.39 is 6.10 Å². The van der Waals surface area contributed by atoms with E-state index in [1.54, 1.807) is 6.20 Å². The van der Waals surface area contributed by atoms with Crippen LogP contribution in [0.25, 0.3) is 11.1 Å². The minimum absolute atomic E-state index is 0.393. The number of hydrogen-bond acceptors (Lipinski definition) is 4. The molecule has 1 heterocycles. The zero-order valence-electron chi connectivity index (χ0n) is 13.9. The fourth-order valence-corrected chi connectivity index (χ4v) is 2.54. The van der Waals surface area contributed by atoms with E-state index in [0.29, 0.717) is 6.54 Å². The average molecular weight is 319 g/mol. The fourth-order valence-electron chi connectivity index (χ4n) is 2.54. The van der Waals surface area contributed by atoms with Crippen molar-refractivity contribution in [3.8, 4) is 11.1 Å². The molecule has 0 aliphatic carbocycles. The zero-order valence-corrected chi connectivity index (χ0v) is 13.9. The van der Waals surface area contributed by atoms with Crippen LogP contribution in [0.1, 0.15) is 23.1 Å². The summed E-state index contributed by atoms with van der Waals surface area (Å²) in [5, 5.41) is 13.6. The van der Waals surface area contributed by atoms with Gasteiger partial charge in [-0.3, -0.25) is 4.98 Å². The Morgan fingerprint density at radius 3 is 2.33 bits per heavy atom. The maximum atomic E-state index is 10.4. The van der Waals surface area contributed by atoms with Crippen LogP contribution in [0.15, 0.2) is 60.8 Å². The second kappa shape index (κ2) is 7.23. The van der Waals surface area contributed by atoms with E-state index in [0.717, 1.165) is 28.3 Å². The Kier molecular flexibility index (Phi) is 4.87. The third-order valence-electron chi connectivity index (χ3n) is 3.94. The van der Waals surface area contributed by atoms with Crippen molar-refractivity contribution in [2.75, 3.05) is 11.9 Å². The van der Waals surface area contributed by atoms with E-state index in [-0.39, 0.29) is 0 Å². The normalized spacial score (nSPS) is 12.0. The molecule has 0 saturated carbocycles. The number of rotatable bonds is 5. The van der Waals surface area contributed by atoms with Gasteiger partial charge >= 0.3 is 0 Å². The highest BCUT2D eigenvalue weighted by atomic mass is 16.3. The van der Waals surface area contributed by atoms with Crippen LogP contribution in [-0.4, -0.2) is 21.6 Å². The summed E-state index contributed by atoms with van der Waals surface area (Å²) in [7, 11) is 0. The topological polar surface area (TPSA) is 58.0 Å². The molecule has 1 atom stereocenters. The summed E-state index contributed by atoms with van der Waals surface area (Å²) in [6, 6.07) is 18.2. The van der Waals surface area contributed by atoms with Crippen molar-refractivity contribution in [2.45, 2.75) is 20.0 Å². The van der Waals surface area contributed by atoms with E-state index in [1.807, 2.05) is 56.3 Å². The fraction of sp³-hybridized carbons (Fsp3) is 0.200. The number of anilines is 1. The molecule has 3 aromatic rings. The molecule has 24 heavy (non-hydrogen) atoms. The second-order valence-corrected chi connectivity index (χ2v) is 5.83. The lowest BCUT2D eigenvalue weighted by Gasteiger charge is -2.14. The first kappa shape index (κ1) is 16.1. The van der Waals surface area contributed by atoms with Gasteiger partial charge < -0.3 is 10.4 Å². The Balaban J connectivity index is 1.67. The summed E-state index contributed by atoms with van der Waals surface area (Å²) >= 11 is 0. The molecular formula is C20H21N3O. The Morgan fingerprint density at radius 2 is 1.62 bits per heavy atom. The van der Waals surface area contributed by atoms with Gasteiger partial charge in [-0.1, -0.05) is 54.6 Å². The third-order valence-corrected chi connectivity index (χ3v) is 3.94. The molecule has 1 unspecified atom stereocenters. The van der Waals surface area contributed by atoms with E-state index in [1.165, 1.54) is 5.56 Å². The largest absolute Gasteiger partial charge is 0.387 e.